The van der Waals surface area contributed by atoms with E-state index in [0.29, 0.717) is 24.6 Å². The Labute approximate surface area is 172 Å². The maximum Gasteiger partial charge on any atom is 0.227 e. The fourth-order valence-corrected chi connectivity index (χ4v) is 4.38. The van der Waals surface area contributed by atoms with Crippen molar-refractivity contribution in [3.05, 3.63) is 57.6 Å². The molecule has 0 bridgehead atoms. The minimum Gasteiger partial charge on any atom is -0.340 e. The van der Waals surface area contributed by atoms with Gasteiger partial charge >= 0.3 is 0 Å². The number of amides is 1. The molecular weight excluding hydrogens is 396 g/mol. The van der Waals surface area contributed by atoms with Gasteiger partial charge in [-0.25, -0.2) is 0 Å². The number of thiophene rings is 1. The van der Waals surface area contributed by atoms with Crippen LogP contribution >= 0.6 is 22.9 Å². The molecular formula is C20H21ClN4O2S. The smallest absolute Gasteiger partial charge is 0.227 e. The van der Waals surface area contributed by atoms with Crippen LogP contribution in [0, 0.1) is 0 Å². The van der Waals surface area contributed by atoms with Crippen molar-refractivity contribution in [2.24, 2.45) is 0 Å². The van der Waals surface area contributed by atoms with E-state index >= 15 is 0 Å². The van der Waals surface area contributed by atoms with Gasteiger partial charge in [-0.3, -0.25) is 9.69 Å². The van der Waals surface area contributed by atoms with E-state index in [1.165, 1.54) is 4.88 Å². The molecule has 0 aliphatic carbocycles. The molecule has 1 aliphatic heterocycles. The van der Waals surface area contributed by atoms with Gasteiger partial charge in [0, 0.05) is 56.0 Å². The Morgan fingerprint density at radius 2 is 1.89 bits per heavy atom. The van der Waals surface area contributed by atoms with Gasteiger partial charge in [0.15, 0.2) is 0 Å². The van der Waals surface area contributed by atoms with E-state index in [1.54, 1.807) is 11.3 Å². The third kappa shape index (κ3) is 4.79. The fraction of sp³-hybridized carbons (Fsp3) is 0.350. The first-order chi connectivity index (χ1) is 13.7. The number of piperazine rings is 1. The van der Waals surface area contributed by atoms with Crippen molar-refractivity contribution in [3.8, 4) is 11.4 Å². The molecule has 0 atom stereocenters. The van der Waals surface area contributed by atoms with E-state index < -0.39 is 0 Å². The van der Waals surface area contributed by atoms with E-state index in [1.807, 2.05) is 41.3 Å². The van der Waals surface area contributed by atoms with E-state index in [9.17, 15) is 4.79 Å². The third-order valence-electron chi connectivity index (χ3n) is 4.79. The predicted molar refractivity (Wildman–Crippen MR) is 109 cm³/mol. The van der Waals surface area contributed by atoms with E-state index in [4.69, 9.17) is 16.1 Å². The van der Waals surface area contributed by atoms with Crippen LogP contribution in [0.2, 0.25) is 4.34 Å². The molecule has 6 nitrogen and oxygen atoms in total. The Hall–Kier alpha value is -2.22. The Bertz CT molecular complexity index is 919. The zero-order valence-electron chi connectivity index (χ0n) is 15.4. The zero-order valence-corrected chi connectivity index (χ0v) is 17.0. The standard InChI is InChI=1S/C20H21ClN4O2S/c21-17-7-6-16(28-17)14-24-10-12-25(13-11-24)19(26)9-8-18-22-20(23-27-18)15-4-2-1-3-5-15/h1-7H,8-14H2. The van der Waals surface area contributed by atoms with Gasteiger partial charge in [0.2, 0.25) is 17.6 Å². The van der Waals surface area contributed by atoms with Crippen LogP contribution in [0.3, 0.4) is 0 Å². The predicted octanol–water partition coefficient (Wildman–Crippen LogP) is 3.73. The summed E-state index contributed by atoms with van der Waals surface area (Å²) < 4.78 is 6.11. The molecule has 0 saturated carbocycles. The van der Waals surface area contributed by atoms with Crippen LogP contribution in [0.4, 0.5) is 0 Å². The lowest BCUT2D eigenvalue weighted by Gasteiger charge is -2.34. The number of carbonyl (C=O) groups is 1. The third-order valence-corrected chi connectivity index (χ3v) is 6.00. The Kier molecular flexibility index (Phi) is 6.04. The van der Waals surface area contributed by atoms with Crippen molar-refractivity contribution >= 4 is 28.8 Å². The van der Waals surface area contributed by atoms with Crippen LogP contribution in [0.25, 0.3) is 11.4 Å². The summed E-state index contributed by atoms with van der Waals surface area (Å²) in [5, 5.41) is 4.00. The molecule has 3 aromatic rings. The molecule has 28 heavy (non-hydrogen) atoms. The molecule has 2 aromatic heterocycles. The van der Waals surface area contributed by atoms with Gasteiger partial charge in [-0.2, -0.15) is 4.98 Å². The lowest BCUT2D eigenvalue weighted by Crippen LogP contribution is -2.48. The van der Waals surface area contributed by atoms with E-state index in [0.717, 1.165) is 42.6 Å². The number of nitrogens with zero attached hydrogens (tertiary/aromatic N) is 4. The monoisotopic (exact) mass is 416 g/mol. The molecule has 0 unspecified atom stereocenters. The molecule has 1 saturated heterocycles. The van der Waals surface area contributed by atoms with Gasteiger partial charge in [-0.1, -0.05) is 47.1 Å². The summed E-state index contributed by atoms with van der Waals surface area (Å²) in [6.45, 7) is 4.14. The van der Waals surface area contributed by atoms with Crippen LogP contribution in [0.1, 0.15) is 17.2 Å². The largest absolute Gasteiger partial charge is 0.340 e. The molecule has 8 heteroatoms. The molecule has 1 fully saturated rings. The normalized spacial score (nSPS) is 15.1. The van der Waals surface area contributed by atoms with Gasteiger partial charge in [-0.05, 0) is 12.1 Å². The number of rotatable bonds is 6. The number of aromatic nitrogens is 2. The molecule has 1 aliphatic rings. The van der Waals surface area contributed by atoms with Crippen molar-refractivity contribution in [2.75, 3.05) is 26.2 Å². The molecule has 1 amide bonds. The summed E-state index contributed by atoms with van der Waals surface area (Å²) in [7, 11) is 0. The van der Waals surface area contributed by atoms with Crippen molar-refractivity contribution < 1.29 is 9.32 Å². The van der Waals surface area contributed by atoms with Crippen LogP contribution in [0.15, 0.2) is 47.0 Å². The molecule has 3 heterocycles. The second-order valence-electron chi connectivity index (χ2n) is 6.74. The van der Waals surface area contributed by atoms with Gasteiger partial charge < -0.3 is 9.42 Å². The maximum absolute atomic E-state index is 12.5. The topological polar surface area (TPSA) is 62.5 Å². The molecule has 0 radical (unpaired) electrons. The Morgan fingerprint density at radius 3 is 2.61 bits per heavy atom. The highest BCUT2D eigenvalue weighted by atomic mass is 35.5. The first-order valence-corrected chi connectivity index (χ1v) is 10.5. The number of carbonyl (C=O) groups excluding carboxylic acids is 1. The van der Waals surface area contributed by atoms with Crippen LogP contribution in [0.5, 0.6) is 0 Å². The average molecular weight is 417 g/mol. The van der Waals surface area contributed by atoms with Gasteiger partial charge in [0.25, 0.3) is 0 Å². The second kappa shape index (κ2) is 8.86. The summed E-state index contributed by atoms with van der Waals surface area (Å²) in [5.74, 6) is 1.20. The summed E-state index contributed by atoms with van der Waals surface area (Å²) >= 11 is 7.61. The average Bonchev–Trinajstić information content (AvgIpc) is 3.36. The molecule has 0 spiro atoms. The number of hydrogen-bond donors (Lipinski definition) is 0. The minimum atomic E-state index is 0.137. The highest BCUT2D eigenvalue weighted by molar-refractivity contribution is 7.16. The van der Waals surface area contributed by atoms with E-state index in [2.05, 4.69) is 21.1 Å². The summed E-state index contributed by atoms with van der Waals surface area (Å²) in [4.78, 5) is 22.5. The van der Waals surface area contributed by atoms with Crippen molar-refractivity contribution in [1.82, 2.24) is 19.9 Å². The lowest BCUT2D eigenvalue weighted by molar-refractivity contribution is -0.133. The molecule has 4 rings (SSSR count). The van der Waals surface area contributed by atoms with Gasteiger partial charge in [0.1, 0.15) is 0 Å². The fourth-order valence-electron chi connectivity index (χ4n) is 3.25. The quantitative estimate of drug-likeness (QED) is 0.612. The van der Waals surface area contributed by atoms with Crippen LogP contribution in [-0.4, -0.2) is 52.0 Å². The van der Waals surface area contributed by atoms with Crippen molar-refractivity contribution in [3.63, 3.8) is 0 Å². The molecule has 0 N–H and O–H groups in total. The van der Waals surface area contributed by atoms with Crippen molar-refractivity contribution in [2.45, 2.75) is 19.4 Å². The number of aryl methyl sites for hydroxylation is 1. The number of benzene rings is 1. The molecule has 1 aromatic carbocycles. The second-order valence-corrected chi connectivity index (χ2v) is 8.54. The SMILES string of the molecule is O=C(CCc1nc(-c2ccccc2)no1)N1CCN(Cc2ccc(Cl)s2)CC1. The highest BCUT2D eigenvalue weighted by Gasteiger charge is 2.22. The summed E-state index contributed by atoms with van der Waals surface area (Å²) in [6, 6.07) is 13.7. The summed E-state index contributed by atoms with van der Waals surface area (Å²) in [5.41, 5.74) is 0.909. The number of halogens is 1. The highest BCUT2D eigenvalue weighted by Crippen LogP contribution is 2.23. The Balaban J connectivity index is 1.23. The van der Waals surface area contributed by atoms with Gasteiger partial charge in [0.05, 0.1) is 4.34 Å². The van der Waals surface area contributed by atoms with Crippen LogP contribution < -0.4 is 0 Å². The maximum atomic E-state index is 12.5. The molecule has 146 valence electrons. The lowest BCUT2D eigenvalue weighted by atomic mass is 10.2. The van der Waals surface area contributed by atoms with Crippen molar-refractivity contribution in [1.29, 1.82) is 0 Å². The zero-order chi connectivity index (χ0) is 19.3. The first kappa shape index (κ1) is 19.1. The summed E-state index contributed by atoms with van der Waals surface area (Å²) in [6.07, 6.45) is 0.851. The van der Waals surface area contributed by atoms with E-state index in [-0.39, 0.29) is 5.91 Å². The van der Waals surface area contributed by atoms with Gasteiger partial charge in [-0.15, -0.1) is 11.3 Å². The first-order valence-electron chi connectivity index (χ1n) is 9.30. The minimum absolute atomic E-state index is 0.137. The Morgan fingerprint density at radius 1 is 1.11 bits per heavy atom. The van der Waals surface area contributed by atoms with Crippen LogP contribution in [-0.2, 0) is 17.8 Å². The number of hydrogen-bond acceptors (Lipinski definition) is 6.